The Morgan fingerprint density at radius 1 is 1.04 bits per heavy atom. The number of ether oxygens (including phenoxy) is 2. The Morgan fingerprint density at radius 2 is 1.90 bits per heavy atom. The van der Waals surface area contributed by atoms with Crippen LogP contribution >= 0.6 is 11.3 Å². The molecule has 2 unspecified atom stereocenters. The van der Waals surface area contributed by atoms with Gasteiger partial charge >= 0.3 is 6.16 Å². The van der Waals surface area contributed by atoms with Crippen molar-refractivity contribution in [3.05, 3.63) is 83.7 Å². The van der Waals surface area contributed by atoms with Crippen molar-refractivity contribution in [3.8, 4) is 17.0 Å². The molecule has 12 heteroatoms. The highest BCUT2D eigenvalue weighted by molar-refractivity contribution is 7.22. The predicted molar refractivity (Wildman–Crippen MR) is 181 cm³/mol. The molecule has 244 valence electrons. The fraction of sp³-hybridized carbons (Fsp3) is 0.361. The quantitative estimate of drug-likeness (QED) is 0.181. The summed E-state index contributed by atoms with van der Waals surface area (Å²) in [6, 6.07) is 17.3. The molecule has 5 aliphatic rings. The number of carbonyl (C=O) groups is 2. The average molecular weight is 663 g/mol. The van der Waals surface area contributed by atoms with Gasteiger partial charge < -0.3 is 19.5 Å². The fourth-order valence-corrected chi connectivity index (χ4v) is 9.50. The molecule has 3 aromatic heterocycles. The van der Waals surface area contributed by atoms with Gasteiger partial charge in [-0.3, -0.25) is 14.8 Å². The van der Waals surface area contributed by atoms with Gasteiger partial charge in [0, 0.05) is 36.0 Å². The Hall–Kier alpha value is -4.81. The van der Waals surface area contributed by atoms with Crippen molar-refractivity contribution in [3.63, 3.8) is 0 Å². The summed E-state index contributed by atoms with van der Waals surface area (Å²) in [5.41, 5.74) is 4.52. The van der Waals surface area contributed by atoms with Crippen LogP contribution in [0.2, 0.25) is 0 Å². The number of fused-ring (bicyclic) bond motifs is 2. The zero-order valence-electron chi connectivity index (χ0n) is 26.2. The molecule has 1 amide bonds. The van der Waals surface area contributed by atoms with Gasteiger partial charge in [-0.2, -0.15) is 10.1 Å². The van der Waals surface area contributed by atoms with Crippen molar-refractivity contribution >= 4 is 44.6 Å². The summed E-state index contributed by atoms with van der Waals surface area (Å²) in [6.45, 7) is 1.76. The second-order valence-corrected chi connectivity index (χ2v) is 14.7. The van der Waals surface area contributed by atoms with Crippen LogP contribution in [0.4, 0.5) is 15.7 Å². The number of rotatable bonds is 7. The van der Waals surface area contributed by atoms with Crippen LogP contribution in [0.1, 0.15) is 53.6 Å². The molecule has 0 spiro atoms. The maximum atomic E-state index is 13.5. The lowest BCUT2D eigenvalue weighted by Gasteiger charge is -2.56. The molecule has 4 fully saturated rings. The van der Waals surface area contributed by atoms with Crippen LogP contribution in [0.15, 0.2) is 67.0 Å². The molecule has 6 heterocycles. The zero-order valence-corrected chi connectivity index (χ0v) is 27.0. The zero-order chi connectivity index (χ0) is 32.4. The maximum Gasteiger partial charge on any atom is 0.512 e. The van der Waals surface area contributed by atoms with E-state index in [4.69, 9.17) is 14.5 Å². The molecule has 4 bridgehead atoms. The predicted octanol–water partition coefficient (Wildman–Crippen LogP) is 6.77. The molecule has 2 aromatic carbocycles. The van der Waals surface area contributed by atoms with Crippen LogP contribution in [-0.2, 0) is 24.2 Å². The van der Waals surface area contributed by atoms with Crippen LogP contribution in [0.3, 0.4) is 0 Å². The topological polar surface area (TPSA) is 132 Å². The first-order chi connectivity index (χ1) is 23.4. The number of pyridine rings is 1. The molecule has 48 heavy (non-hydrogen) atoms. The van der Waals surface area contributed by atoms with E-state index in [1.807, 2.05) is 70.4 Å². The van der Waals surface area contributed by atoms with E-state index in [-0.39, 0.29) is 17.4 Å². The first-order valence-corrected chi connectivity index (χ1v) is 17.3. The molecular formula is C36H34N6O5S. The summed E-state index contributed by atoms with van der Waals surface area (Å²) < 4.78 is 14.7. The van der Waals surface area contributed by atoms with Gasteiger partial charge in [-0.1, -0.05) is 35.6 Å². The highest BCUT2D eigenvalue weighted by Gasteiger charge is 2.52. The van der Waals surface area contributed by atoms with E-state index in [1.165, 1.54) is 30.6 Å². The highest BCUT2D eigenvalue weighted by atomic mass is 32.1. The number of anilines is 2. The second-order valence-electron chi connectivity index (χ2n) is 13.6. The van der Waals surface area contributed by atoms with Crippen LogP contribution in [-0.4, -0.2) is 55.2 Å². The van der Waals surface area contributed by atoms with Gasteiger partial charge in [-0.25, -0.2) is 9.78 Å². The molecule has 10 rings (SSSR count). The minimum atomic E-state index is -1.44. The van der Waals surface area contributed by atoms with Crippen molar-refractivity contribution in [2.24, 2.45) is 11.8 Å². The largest absolute Gasteiger partial charge is 0.512 e. The highest BCUT2D eigenvalue weighted by Crippen LogP contribution is 2.53. The number of benzene rings is 2. The number of nitrogens with zero attached hydrogens (tertiary/aromatic N) is 5. The van der Waals surface area contributed by atoms with Gasteiger partial charge in [0.15, 0.2) is 5.13 Å². The van der Waals surface area contributed by atoms with Gasteiger partial charge in [-0.05, 0) is 91.8 Å². The van der Waals surface area contributed by atoms with E-state index in [9.17, 15) is 14.7 Å². The number of hydrogen-bond acceptors (Lipinski definition) is 9. The van der Waals surface area contributed by atoms with E-state index < -0.39 is 6.16 Å². The smallest absolute Gasteiger partial charge is 0.449 e. The average Bonchev–Trinajstić information content (AvgIpc) is 3.69. The first-order valence-electron chi connectivity index (χ1n) is 16.5. The van der Waals surface area contributed by atoms with E-state index >= 15 is 0 Å². The number of thiazole rings is 1. The number of hydrogen-bond donors (Lipinski definition) is 2. The van der Waals surface area contributed by atoms with Gasteiger partial charge in [-0.15, -0.1) is 0 Å². The van der Waals surface area contributed by atoms with Crippen molar-refractivity contribution in [1.82, 2.24) is 19.7 Å². The third-order valence-electron chi connectivity index (χ3n) is 10.4. The van der Waals surface area contributed by atoms with Gasteiger partial charge in [0.05, 0.1) is 34.7 Å². The van der Waals surface area contributed by atoms with E-state index in [0.717, 1.165) is 51.6 Å². The maximum absolute atomic E-state index is 13.5. The van der Waals surface area contributed by atoms with Crippen molar-refractivity contribution < 1.29 is 24.2 Å². The molecule has 2 aliphatic carbocycles. The second kappa shape index (κ2) is 11.4. The Morgan fingerprint density at radius 3 is 2.71 bits per heavy atom. The Bertz CT molecular complexity index is 2000. The number of nitrogens with one attached hydrogen (secondary N) is 1. The Balaban J connectivity index is 0.959. The number of carbonyl (C=O) groups excluding carboxylic acids is 1. The Kier molecular flexibility index (Phi) is 6.98. The lowest BCUT2D eigenvalue weighted by atomic mass is 9.62. The van der Waals surface area contributed by atoms with E-state index in [0.29, 0.717) is 54.2 Å². The minimum absolute atomic E-state index is 0.00161. The lowest BCUT2D eigenvalue weighted by Crippen LogP contribution is -2.56. The molecular weight excluding hydrogens is 629 g/mol. The standard InChI is InChI=1S/C36H34N6O5S/c43-32(40-34-38-29-6-1-2-7-30(29)48-34)27-5-3-4-23-10-11-41(19-28(23)27)31-9-8-26(33(39-31)46-35(44)45)24-17-37-42(18-24)20-36-15-21-12-22(16-36)14-25(13-21)47-36/h1-9,17-18,21-22,25H,10-16,19-20H2,(H,44,45)(H,38,40,43). The molecule has 2 saturated carbocycles. The summed E-state index contributed by atoms with van der Waals surface area (Å²) in [5, 5.41) is 17.8. The van der Waals surface area contributed by atoms with Crippen LogP contribution < -0.4 is 15.0 Å². The van der Waals surface area contributed by atoms with Gasteiger partial charge in [0.25, 0.3) is 5.91 Å². The molecule has 2 N–H and O–H groups in total. The number of aromatic nitrogens is 4. The SMILES string of the molecule is O=C(O)Oc1nc(N2CCc3cccc(C(=O)Nc4nc5ccccc5s4)c3C2)ccc1-c1cnn(CC23CC4CC(CC(C4)O2)C3)c1. The first kappa shape index (κ1) is 29.3. The molecule has 11 nitrogen and oxygen atoms in total. The van der Waals surface area contributed by atoms with Crippen LogP contribution in [0, 0.1) is 11.8 Å². The fourth-order valence-electron chi connectivity index (χ4n) is 8.64. The summed E-state index contributed by atoms with van der Waals surface area (Å²) in [4.78, 5) is 36.6. The van der Waals surface area contributed by atoms with Crippen molar-refractivity contribution in [2.45, 2.75) is 63.3 Å². The molecule has 2 atom stereocenters. The van der Waals surface area contributed by atoms with Crippen LogP contribution in [0.5, 0.6) is 5.88 Å². The molecule has 3 aliphatic heterocycles. The number of para-hydroxylation sites is 1. The number of amides is 1. The van der Waals surface area contributed by atoms with Crippen LogP contribution in [0.25, 0.3) is 21.3 Å². The third-order valence-corrected chi connectivity index (χ3v) is 11.3. The third kappa shape index (κ3) is 5.38. The van der Waals surface area contributed by atoms with Gasteiger partial charge in [0.2, 0.25) is 5.88 Å². The molecule has 0 radical (unpaired) electrons. The lowest BCUT2D eigenvalue weighted by molar-refractivity contribution is -0.226. The minimum Gasteiger partial charge on any atom is -0.449 e. The molecule has 2 saturated heterocycles. The van der Waals surface area contributed by atoms with E-state index in [2.05, 4.69) is 15.4 Å². The normalized spacial score (nSPS) is 24.1. The van der Waals surface area contributed by atoms with Crippen molar-refractivity contribution in [2.75, 3.05) is 16.8 Å². The molecule has 5 aromatic rings. The summed E-state index contributed by atoms with van der Waals surface area (Å²) in [6.07, 6.45) is 9.12. The summed E-state index contributed by atoms with van der Waals surface area (Å²) in [7, 11) is 0. The number of carboxylic acid groups (broad SMARTS) is 1. The summed E-state index contributed by atoms with van der Waals surface area (Å²) >= 11 is 1.44. The van der Waals surface area contributed by atoms with Crippen molar-refractivity contribution in [1.29, 1.82) is 0 Å². The van der Waals surface area contributed by atoms with E-state index in [1.54, 1.807) is 6.20 Å². The monoisotopic (exact) mass is 662 g/mol. The summed E-state index contributed by atoms with van der Waals surface area (Å²) in [5.74, 6) is 1.82. The van der Waals surface area contributed by atoms with Gasteiger partial charge in [0.1, 0.15) is 5.82 Å². The Labute approximate surface area is 280 Å².